The standard InChI is InChI=1S/C19H30N4O2/c24-18(22-9-7-20-5-1-3-14(20)12-22)16-11-17(16)19(25)23-10-8-21-6-2-4-15(21)13-23/h14-17H,1-13H2/t14-,15+,16-,17-/m1/s1. The van der Waals surface area contributed by atoms with Gasteiger partial charge in [-0.15, -0.1) is 0 Å². The topological polar surface area (TPSA) is 47.1 Å². The van der Waals surface area contributed by atoms with E-state index in [9.17, 15) is 9.59 Å². The average molecular weight is 346 g/mol. The summed E-state index contributed by atoms with van der Waals surface area (Å²) in [6.07, 6.45) is 5.77. The zero-order valence-electron chi connectivity index (χ0n) is 15.1. The summed E-state index contributed by atoms with van der Waals surface area (Å²) in [5.41, 5.74) is 0. The van der Waals surface area contributed by atoms with Crippen molar-refractivity contribution in [2.45, 2.75) is 44.2 Å². The van der Waals surface area contributed by atoms with Crippen molar-refractivity contribution in [2.24, 2.45) is 11.8 Å². The van der Waals surface area contributed by atoms with Crippen molar-refractivity contribution in [2.75, 3.05) is 52.4 Å². The monoisotopic (exact) mass is 346 g/mol. The van der Waals surface area contributed by atoms with Gasteiger partial charge in [0.25, 0.3) is 0 Å². The molecule has 0 aromatic heterocycles. The van der Waals surface area contributed by atoms with Gasteiger partial charge in [0.1, 0.15) is 0 Å². The molecule has 0 aromatic carbocycles. The lowest BCUT2D eigenvalue weighted by atomic mass is 10.1. The summed E-state index contributed by atoms with van der Waals surface area (Å²) in [5, 5.41) is 0. The Kier molecular flexibility index (Phi) is 4.01. The molecule has 1 aliphatic carbocycles. The summed E-state index contributed by atoms with van der Waals surface area (Å²) < 4.78 is 0. The lowest BCUT2D eigenvalue weighted by Gasteiger charge is -2.38. The summed E-state index contributed by atoms with van der Waals surface area (Å²) in [4.78, 5) is 34.9. The molecule has 5 fully saturated rings. The molecule has 5 aliphatic rings. The highest BCUT2D eigenvalue weighted by molar-refractivity contribution is 5.92. The highest BCUT2D eigenvalue weighted by Gasteiger charge is 2.52. The van der Waals surface area contributed by atoms with Gasteiger partial charge in [0, 0.05) is 51.4 Å². The van der Waals surface area contributed by atoms with Gasteiger partial charge in [0.05, 0.1) is 11.8 Å². The maximum absolute atomic E-state index is 12.9. The highest BCUT2D eigenvalue weighted by atomic mass is 16.2. The SMILES string of the molecule is O=C([C@@H]1C[C@H]1C(=O)N1CCN2CCC[C@H]2C1)N1CCN2CCC[C@@H]2C1. The van der Waals surface area contributed by atoms with Crippen LogP contribution in [0.1, 0.15) is 32.1 Å². The van der Waals surface area contributed by atoms with E-state index in [1.807, 2.05) is 0 Å². The number of hydrogen-bond acceptors (Lipinski definition) is 4. The van der Waals surface area contributed by atoms with Gasteiger partial charge < -0.3 is 9.80 Å². The second kappa shape index (κ2) is 6.23. The number of hydrogen-bond donors (Lipinski definition) is 0. The van der Waals surface area contributed by atoms with Crippen LogP contribution in [-0.4, -0.2) is 95.9 Å². The van der Waals surface area contributed by atoms with E-state index in [1.54, 1.807) is 0 Å². The van der Waals surface area contributed by atoms with Crippen LogP contribution < -0.4 is 0 Å². The van der Waals surface area contributed by atoms with Crippen LogP contribution in [0.2, 0.25) is 0 Å². The van der Waals surface area contributed by atoms with Gasteiger partial charge in [-0.1, -0.05) is 0 Å². The molecule has 0 aromatic rings. The van der Waals surface area contributed by atoms with Gasteiger partial charge in [-0.25, -0.2) is 0 Å². The van der Waals surface area contributed by atoms with Crippen LogP contribution in [0.25, 0.3) is 0 Å². The minimum Gasteiger partial charge on any atom is -0.340 e. The molecular weight excluding hydrogens is 316 g/mol. The summed E-state index contributed by atoms with van der Waals surface area (Å²) in [6.45, 7) is 7.92. The number of carbonyl (C=O) groups excluding carboxylic acids is 2. The Morgan fingerprint density at radius 1 is 0.640 bits per heavy atom. The third-order valence-electron chi connectivity index (χ3n) is 7.22. The highest BCUT2D eigenvalue weighted by Crippen LogP contribution is 2.42. The molecule has 6 heteroatoms. The molecule has 4 aliphatic heterocycles. The Morgan fingerprint density at radius 3 is 1.60 bits per heavy atom. The molecule has 4 heterocycles. The number of rotatable bonds is 2. The fourth-order valence-corrected chi connectivity index (χ4v) is 5.59. The third kappa shape index (κ3) is 2.87. The molecule has 5 rings (SSSR count). The predicted molar refractivity (Wildman–Crippen MR) is 93.9 cm³/mol. The maximum Gasteiger partial charge on any atom is 0.226 e. The summed E-state index contributed by atoms with van der Waals surface area (Å²) in [7, 11) is 0. The molecule has 1 saturated carbocycles. The quantitative estimate of drug-likeness (QED) is 0.718. The fourth-order valence-electron chi connectivity index (χ4n) is 5.59. The second-order valence-corrected chi connectivity index (χ2v) is 8.68. The van der Waals surface area contributed by atoms with Gasteiger partial charge in [-0.3, -0.25) is 19.4 Å². The third-order valence-corrected chi connectivity index (χ3v) is 7.22. The summed E-state index contributed by atoms with van der Waals surface area (Å²) in [5.74, 6) is 0.456. The molecule has 4 atom stereocenters. The molecule has 2 amide bonds. The molecule has 0 N–H and O–H groups in total. The first-order chi connectivity index (χ1) is 12.2. The van der Waals surface area contributed by atoms with E-state index in [0.29, 0.717) is 12.1 Å². The number of nitrogens with zero attached hydrogens (tertiary/aromatic N) is 4. The minimum absolute atomic E-state index is 0.0259. The van der Waals surface area contributed by atoms with E-state index < -0.39 is 0 Å². The Balaban J connectivity index is 1.16. The molecule has 138 valence electrons. The molecule has 0 unspecified atom stereocenters. The Morgan fingerprint density at radius 2 is 1.12 bits per heavy atom. The van der Waals surface area contributed by atoms with Gasteiger partial charge in [0.2, 0.25) is 11.8 Å². The molecule has 25 heavy (non-hydrogen) atoms. The Labute approximate surface area is 150 Å². The number of amides is 2. The Hall–Kier alpha value is -1.14. The van der Waals surface area contributed by atoms with Crippen LogP contribution in [-0.2, 0) is 9.59 Å². The predicted octanol–water partition coefficient (Wildman–Crippen LogP) is 0.236. The van der Waals surface area contributed by atoms with Crippen molar-refractivity contribution >= 4 is 11.8 Å². The smallest absolute Gasteiger partial charge is 0.226 e. The number of fused-ring (bicyclic) bond motifs is 2. The van der Waals surface area contributed by atoms with E-state index in [0.717, 1.165) is 45.7 Å². The van der Waals surface area contributed by atoms with Crippen LogP contribution in [0.4, 0.5) is 0 Å². The van der Waals surface area contributed by atoms with Crippen LogP contribution >= 0.6 is 0 Å². The fraction of sp³-hybridized carbons (Fsp3) is 0.895. The van der Waals surface area contributed by atoms with Crippen molar-refractivity contribution in [1.82, 2.24) is 19.6 Å². The summed E-state index contributed by atoms with van der Waals surface area (Å²) in [6, 6.07) is 1.14. The molecular formula is C19H30N4O2. The van der Waals surface area contributed by atoms with Crippen molar-refractivity contribution in [3.8, 4) is 0 Å². The second-order valence-electron chi connectivity index (χ2n) is 8.68. The first-order valence-electron chi connectivity index (χ1n) is 10.3. The zero-order chi connectivity index (χ0) is 17.0. The van der Waals surface area contributed by atoms with Gasteiger partial charge in [0.15, 0.2) is 0 Å². The van der Waals surface area contributed by atoms with Gasteiger partial charge >= 0.3 is 0 Å². The largest absolute Gasteiger partial charge is 0.340 e. The molecule has 4 saturated heterocycles. The van der Waals surface area contributed by atoms with Crippen molar-refractivity contribution in [3.05, 3.63) is 0 Å². The minimum atomic E-state index is -0.0259. The lowest BCUT2D eigenvalue weighted by molar-refractivity contribution is -0.140. The first-order valence-corrected chi connectivity index (χ1v) is 10.3. The van der Waals surface area contributed by atoms with Crippen LogP contribution in [0.5, 0.6) is 0 Å². The molecule has 6 nitrogen and oxygen atoms in total. The molecule has 0 bridgehead atoms. The molecule has 0 radical (unpaired) electrons. The van der Waals surface area contributed by atoms with E-state index >= 15 is 0 Å². The number of carbonyl (C=O) groups is 2. The molecule has 0 spiro atoms. The first kappa shape index (κ1) is 16.1. The van der Waals surface area contributed by atoms with Gasteiger partial charge in [-0.05, 0) is 45.2 Å². The lowest BCUT2D eigenvalue weighted by Crippen LogP contribution is -2.53. The van der Waals surface area contributed by atoms with Gasteiger partial charge in [-0.2, -0.15) is 0 Å². The van der Waals surface area contributed by atoms with Crippen molar-refractivity contribution in [1.29, 1.82) is 0 Å². The Bertz CT molecular complexity index is 520. The maximum atomic E-state index is 12.9. The van der Waals surface area contributed by atoms with Crippen LogP contribution in [0, 0.1) is 11.8 Å². The zero-order valence-corrected chi connectivity index (χ0v) is 15.1. The van der Waals surface area contributed by atoms with Crippen molar-refractivity contribution in [3.63, 3.8) is 0 Å². The average Bonchev–Trinajstić information content (AvgIpc) is 3.06. The normalized spacial score (nSPS) is 38.6. The summed E-state index contributed by atoms with van der Waals surface area (Å²) >= 11 is 0. The van der Waals surface area contributed by atoms with Crippen LogP contribution in [0.3, 0.4) is 0 Å². The number of piperazine rings is 2. The van der Waals surface area contributed by atoms with E-state index in [2.05, 4.69) is 19.6 Å². The van der Waals surface area contributed by atoms with Crippen LogP contribution in [0.15, 0.2) is 0 Å². The van der Waals surface area contributed by atoms with E-state index in [1.165, 1.54) is 38.8 Å². The van der Waals surface area contributed by atoms with Crippen molar-refractivity contribution < 1.29 is 9.59 Å². The van der Waals surface area contributed by atoms with E-state index in [-0.39, 0.29) is 23.7 Å². The van der Waals surface area contributed by atoms with E-state index in [4.69, 9.17) is 0 Å².